The Balaban J connectivity index is 1.58. The van der Waals surface area contributed by atoms with Gasteiger partial charge in [-0.25, -0.2) is 4.39 Å². The molecule has 0 spiro atoms. The Morgan fingerprint density at radius 3 is 2.59 bits per heavy atom. The van der Waals surface area contributed by atoms with Crippen molar-refractivity contribution in [1.29, 1.82) is 0 Å². The molecule has 6 heteroatoms. The third-order valence-corrected chi connectivity index (χ3v) is 4.51. The van der Waals surface area contributed by atoms with Gasteiger partial charge in [-0.1, -0.05) is 0 Å². The number of carbonyl (C=O) groups excluding carboxylic acids is 1. The van der Waals surface area contributed by atoms with E-state index in [1.54, 1.807) is 13.2 Å². The van der Waals surface area contributed by atoms with Crippen LogP contribution in [0.15, 0.2) is 18.2 Å². The number of hydrogen-bond acceptors (Lipinski definition) is 4. The van der Waals surface area contributed by atoms with Gasteiger partial charge in [-0.05, 0) is 31.0 Å². The summed E-state index contributed by atoms with van der Waals surface area (Å²) in [6, 6.07) is 4.56. The normalized spacial score (nSPS) is 20.8. The average molecular weight is 307 g/mol. The number of hydrogen-bond donors (Lipinski definition) is 1. The third kappa shape index (κ3) is 3.08. The Labute approximate surface area is 129 Å². The first-order chi connectivity index (χ1) is 10.5. The maximum Gasteiger partial charge on any atom is 0.242 e. The van der Waals surface area contributed by atoms with Crippen LogP contribution in [-0.4, -0.2) is 54.5 Å². The molecule has 1 heterocycles. The Bertz CT molecular complexity index is 567. The monoisotopic (exact) mass is 307 g/mol. The minimum absolute atomic E-state index is 0.0792. The van der Waals surface area contributed by atoms with Crippen LogP contribution in [-0.2, 0) is 11.3 Å². The second-order valence-corrected chi connectivity index (χ2v) is 6.18. The van der Waals surface area contributed by atoms with Crippen LogP contribution >= 0.6 is 0 Å². The molecule has 0 aromatic heterocycles. The predicted octanol–water partition coefficient (Wildman–Crippen LogP) is 0.970. The summed E-state index contributed by atoms with van der Waals surface area (Å²) in [6.07, 6.45) is 1.60. The van der Waals surface area contributed by atoms with Crippen molar-refractivity contribution >= 4 is 5.91 Å². The molecular formula is C16H22FN3O2. The highest BCUT2D eigenvalue weighted by Crippen LogP contribution is 2.34. The predicted molar refractivity (Wildman–Crippen MR) is 81.0 cm³/mol. The van der Waals surface area contributed by atoms with Gasteiger partial charge in [0.2, 0.25) is 5.91 Å². The molecule has 1 aromatic rings. The van der Waals surface area contributed by atoms with Crippen molar-refractivity contribution < 1.29 is 13.9 Å². The van der Waals surface area contributed by atoms with E-state index in [2.05, 4.69) is 4.90 Å². The highest BCUT2D eigenvalue weighted by Gasteiger charge is 2.48. The Morgan fingerprint density at radius 2 is 2.00 bits per heavy atom. The molecule has 1 aromatic carbocycles. The molecule has 1 saturated carbocycles. The lowest BCUT2D eigenvalue weighted by Gasteiger charge is -2.36. The molecule has 0 unspecified atom stereocenters. The van der Waals surface area contributed by atoms with Crippen LogP contribution in [0.1, 0.15) is 18.4 Å². The number of carbonyl (C=O) groups is 1. The number of amides is 1. The van der Waals surface area contributed by atoms with E-state index in [0.717, 1.165) is 31.5 Å². The van der Waals surface area contributed by atoms with E-state index >= 15 is 0 Å². The van der Waals surface area contributed by atoms with Crippen molar-refractivity contribution in [1.82, 2.24) is 9.80 Å². The van der Waals surface area contributed by atoms with Gasteiger partial charge in [-0.2, -0.15) is 0 Å². The molecule has 1 saturated heterocycles. The molecule has 2 aliphatic rings. The summed E-state index contributed by atoms with van der Waals surface area (Å²) >= 11 is 0. The number of nitrogens with zero attached hydrogens (tertiary/aromatic N) is 2. The molecule has 5 nitrogen and oxygen atoms in total. The fraction of sp³-hybridized carbons (Fsp3) is 0.562. The molecule has 0 atom stereocenters. The number of halogens is 1. The minimum atomic E-state index is -0.589. The van der Waals surface area contributed by atoms with E-state index < -0.39 is 5.54 Å². The smallest absolute Gasteiger partial charge is 0.242 e. The molecule has 1 amide bonds. The van der Waals surface area contributed by atoms with Crippen molar-refractivity contribution in [3.8, 4) is 5.75 Å². The highest BCUT2D eigenvalue weighted by atomic mass is 19.1. The van der Waals surface area contributed by atoms with E-state index in [0.29, 0.717) is 25.4 Å². The zero-order chi connectivity index (χ0) is 15.7. The second-order valence-electron chi connectivity index (χ2n) is 6.18. The standard InChI is InChI=1S/C16H22FN3O2/c1-22-14-3-2-13(17)10-12(14)11-19-6-8-20(9-7-19)15(21)16(18)4-5-16/h2-3,10H,4-9,11,18H2,1H3. The lowest BCUT2D eigenvalue weighted by Crippen LogP contribution is -2.53. The van der Waals surface area contributed by atoms with Crippen molar-refractivity contribution in [2.45, 2.75) is 24.9 Å². The molecule has 120 valence electrons. The summed E-state index contributed by atoms with van der Waals surface area (Å²) in [5, 5.41) is 0. The van der Waals surface area contributed by atoms with E-state index in [1.807, 2.05) is 4.90 Å². The molecule has 1 aliphatic carbocycles. The zero-order valence-electron chi connectivity index (χ0n) is 12.8. The van der Waals surface area contributed by atoms with E-state index in [-0.39, 0.29) is 11.7 Å². The van der Waals surface area contributed by atoms with Crippen molar-refractivity contribution in [3.05, 3.63) is 29.6 Å². The van der Waals surface area contributed by atoms with Gasteiger partial charge in [0.15, 0.2) is 0 Å². The quantitative estimate of drug-likeness (QED) is 0.900. The number of benzene rings is 1. The van der Waals surface area contributed by atoms with Gasteiger partial charge in [0.25, 0.3) is 0 Å². The van der Waals surface area contributed by atoms with Crippen LogP contribution < -0.4 is 10.5 Å². The molecule has 0 bridgehead atoms. The van der Waals surface area contributed by atoms with Crippen LogP contribution in [0.25, 0.3) is 0 Å². The van der Waals surface area contributed by atoms with Gasteiger partial charge in [0.05, 0.1) is 12.6 Å². The van der Waals surface area contributed by atoms with Gasteiger partial charge >= 0.3 is 0 Å². The zero-order valence-corrected chi connectivity index (χ0v) is 12.8. The Kier molecular flexibility index (Phi) is 4.06. The van der Waals surface area contributed by atoms with Crippen LogP contribution in [0.2, 0.25) is 0 Å². The first-order valence-corrected chi connectivity index (χ1v) is 7.65. The van der Waals surface area contributed by atoms with Crippen molar-refractivity contribution in [3.63, 3.8) is 0 Å². The number of methoxy groups -OCH3 is 1. The maximum absolute atomic E-state index is 13.4. The second kappa shape index (κ2) is 5.85. The van der Waals surface area contributed by atoms with E-state index in [9.17, 15) is 9.18 Å². The van der Waals surface area contributed by atoms with Crippen LogP contribution in [0.3, 0.4) is 0 Å². The first kappa shape index (κ1) is 15.2. The van der Waals surface area contributed by atoms with Crippen molar-refractivity contribution in [2.24, 2.45) is 5.73 Å². The summed E-state index contributed by atoms with van der Waals surface area (Å²) < 4.78 is 18.7. The highest BCUT2D eigenvalue weighted by molar-refractivity contribution is 5.89. The van der Waals surface area contributed by atoms with Crippen LogP contribution in [0.5, 0.6) is 5.75 Å². The fourth-order valence-electron chi connectivity index (χ4n) is 2.88. The van der Waals surface area contributed by atoms with Gasteiger partial charge in [0, 0.05) is 38.3 Å². The molecular weight excluding hydrogens is 285 g/mol. The summed E-state index contributed by atoms with van der Waals surface area (Å²) in [5.41, 5.74) is 6.21. The molecule has 1 aliphatic heterocycles. The van der Waals surface area contributed by atoms with Gasteiger partial charge in [-0.15, -0.1) is 0 Å². The average Bonchev–Trinajstić information content (AvgIpc) is 3.27. The lowest BCUT2D eigenvalue weighted by atomic mass is 10.1. The van der Waals surface area contributed by atoms with Crippen molar-refractivity contribution in [2.75, 3.05) is 33.3 Å². The third-order valence-electron chi connectivity index (χ3n) is 4.51. The van der Waals surface area contributed by atoms with E-state index in [1.165, 1.54) is 12.1 Å². The van der Waals surface area contributed by atoms with Crippen LogP contribution in [0, 0.1) is 5.82 Å². The van der Waals surface area contributed by atoms with Gasteiger partial charge in [-0.3, -0.25) is 9.69 Å². The topological polar surface area (TPSA) is 58.8 Å². The molecule has 3 rings (SSSR count). The maximum atomic E-state index is 13.4. The summed E-state index contributed by atoms with van der Waals surface area (Å²) in [6.45, 7) is 3.50. The minimum Gasteiger partial charge on any atom is -0.496 e. The van der Waals surface area contributed by atoms with E-state index in [4.69, 9.17) is 10.5 Å². The number of rotatable bonds is 4. The largest absolute Gasteiger partial charge is 0.496 e. The fourth-order valence-corrected chi connectivity index (χ4v) is 2.88. The first-order valence-electron chi connectivity index (χ1n) is 7.65. The lowest BCUT2D eigenvalue weighted by molar-refractivity contribution is -0.135. The summed E-state index contributed by atoms with van der Waals surface area (Å²) in [7, 11) is 1.59. The summed E-state index contributed by atoms with van der Waals surface area (Å²) in [5.74, 6) is 0.512. The number of piperazine rings is 1. The molecule has 22 heavy (non-hydrogen) atoms. The Hall–Kier alpha value is -1.66. The molecule has 2 fully saturated rings. The number of nitrogens with two attached hydrogens (primary N) is 1. The van der Waals surface area contributed by atoms with Gasteiger partial charge in [0.1, 0.15) is 11.6 Å². The molecule has 2 N–H and O–H groups in total. The van der Waals surface area contributed by atoms with Gasteiger partial charge < -0.3 is 15.4 Å². The number of ether oxygens (including phenoxy) is 1. The SMILES string of the molecule is COc1ccc(F)cc1CN1CCN(C(=O)C2(N)CC2)CC1. The summed E-state index contributed by atoms with van der Waals surface area (Å²) in [4.78, 5) is 16.3. The van der Waals surface area contributed by atoms with Crippen LogP contribution in [0.4, 0.5) is 4.39 Å². The Morgan fingerprint density at radius 1 is 1.32 bits per heavy atom. The molecule has 0 radical (unpaired) electrons.